The Morgan fingerprint density at radius 3 is 2.65 bits per heavy atom. The van der Waals surface area contributed by atoms with Crippen LogP contribution in [0.2, 0.25) is 0 Å². The van der Waals surface area contributed by atoms with Gasteiger partial charge in [-0.15, -0.1) is 5.10 Å². The predicted octanol–water partition coefficient (Wildman–Crippen LogP) is 2.41. The Bertz CT molecular complexity index is 597. The lowest BCUT2D eigenvalue weighted by Crippen LogP contribution is -2.23. The summed E-state index contributed by atoms with van der Waals surface area (Å²) >= 11 is 0. The number of halogens is 3. The summed E-state index contributed by atoms with van der Waals surface area (Å²) in [5.74, 6) is -3.88. The summed E-state index contributed by atoms with van der Waals surface area (Å²) in [4.78, 5) is 0. The van der Waals surface area contributed by atoms with Gasteiger partial charge in [-0.05, 0) is 19.5 Å². The first-order valence-corrected chi connectivity index (χ1v) is 6.29. The number of rotatable bonds is 5. The van der Waals surface area contributed by atoms with Gasteiger partial charge >= 0.3 is 0 Å². The van der Waals surface area contributed by atoms with Crippen LogP contribution in [0.4, 0.5) is 13.2 Å². The van der Waals surface area contributed by atoms with Gasteiger partial charge in [0, 0.05) is 12.1 Å². The lowest BCUT2D eigenvalue weighted by atomic mass is 10.0. The number of hydrogen-bond acceptors (Lipinski definition) is 3. The molecule has 0 saturated heterocycles. The normalized spacial score (nSPS) is 12.7. The van der Waals surface area contributed by atoms with Crippen molar-refractivity contribution in [1.82, 2.24) is 20.3 Å². The molecule has 1 heterocycles. The number of hydrogen-bond donors (Lipinski definition) is 1. The predicted molar refractivity (Wildman–Crippen MR) is 67.5 cm³/mol. The van der Waals surface area contributed by atoms with Crippen LogP contribution in [-0.2, 0) is 6.54 Å². The molecule has 1 unspecified atom stereocenters. The third-order valence-corrected chi connectivity index (χ3v) is 3.04. The summed E-state index contributed by atoms with van der Waals surface area (Å²) in [5.41, 5.74) is 0.616. The van der Waals surface area contributed by atoms with E-state index in [-0.39, 0.29) is 5.56 Å². The van der Waals surface area contributed by atoms with Crippen molar-refractivity contribution in [3.63, 3.8) is 0 Å². The van der Waals surface area contributed by atoms with Crippen molar-refractivity contribution in [1.29, 1.82) is 0 Å². The van der Waals surface area contributed by atoms with Gasteiger partial charge in [0.25, 0.3) is 0 Å². The molecule has 0 aliphatic rings. The molecule has 0 aliphatic carbocycles. The summed E-state index contributed by atoms with van der Waals surface area (Å²) in [5, 5.41) is 10.6. The van der Waals surface area contributed by atoms with Gasteiger partial charge < -0.3 is 5.32 Å². The van der Waals surface area contributed by atoms with Crippen LogP contribution in [0, 0.1) is 17.5 Å². The highest BCUT2D eigenvalue weighted by Crippen LogP contribution is 2.26. The molecule has 20 heavy (non-hydrogen) atoms. The summed E-state index contributed by atoms with van der Waals surface area (Å²) in [6, 6.07) is 1.48. The fourth-order valence-electron chi connectivity index (χ4n) is 2.10. The molecule has 1 aromatic carbocycles. The Morgan fingerprint density at radius 1 is 1.25 bits per heavy atom. The molecule has 108 valence electrons. The van der Waals surface area contributed by atoms with Crippen molar-refractivity contribution in [2.24, 2.45) is 0 Å². The minimum absolute atomic E-state index is 0.0195. The van der Waals surface area contributed by atoms with Crippen LogP contribution < -0.4 is 5.32 Å². The number of aromatic nitrogens is 3. The highest BCUT2D eigenvalue weighted by atomic mass is 19.2. The number of aryl methyl sites for hydroxylation is 1. The molecule has 1 aromatic heterocycles. The van der Waals surface area contributed by atoms with Crippen LogP contribution >= 0.6 is 0 Å². The standard InChI is InChI=1S/C13H15F3N4/c1-3-6-20-10(7-18-19-20)13(17-2)8-4-5-9(14)12(16)11(8)15/h4-5,7,13,17H,3,6H2,1-2H3. The SMILES string of the molecule is CCCn1nncc1C(NC)c1ccc(F)c(F)c1F. The van der Waals surface area contributed by atoms with E-state index >= 15 is 0 Å². The highest BCUT2D eigenvalue weighted by Gasteiger charge is 2.24. The molecule has 0 spiro atoms. The van der Waals surface area contributed by atoms with E-state index in [2.05, 4.69) is 15.6 Å². The largest absolute Gasteiger partial charge is 0.308 e. The second-order valence-electron chi connectivity index (χ2n) is 4.37. The maximum Gasteiger partial charge on any atom is 0.194 e. The molecule has 0 saturated carbocycles. The lowest BCUT2D eigenvalue weighted by molar-refractivity contribution is 0.431. The van der Waals surface area contributed by atoms with E-state index in [0.717, 1.165) is 12.5 Å². The third kappa shape index (κ3) is 2.53. The first-order chi connectivity index (χ1) is 9.60. The van der Waals surface area contributed by atoms with Crippen LogP contribution in [0.25, 0.3) is 0 Å². The summed E-state index contributed by atoms with van der Waals surface area (Å²) in [6.45, 7) is 2.58. The van der Waals surface area contributed by atoms with E-state index < -0.39 is 23.5 Å². The summed E-state index contributed by atoms with van der Waals surface area (Å²) < 4.78 is 41.9. The summed E-state index contributed by atoms with van der Waals surface area (Å²) in [7, 11) is 1.61. The van der Waals surface area contributed by atoms with Crippen LogP contribution in [0.1, 0.15) is 30.6 Å². The van der Waals surface area contributed by atoms with Crippen molar-refractivity contribution >= 4 is 0 Å². The topological polar surface area (TPSA) is 42.7 Å². The quantitative estimate of drug-likeness (QED) is 0.857. The summed E-state index contributed by atoms with van der Waals surface area (Å²) in [6.07, 6.45) is 2.31. The average Bonchev–Trinajstić information content (AvgIpc) is 2.88. The van der Waals surface area contributed by atoms with Crippen molar-refractivity contribution in [2.45, 2.75) is 25.9 Å². The van der Waals surface area contributed by atoms with Crippen molar-refractivity contribution in [2.75, 3.05) is 7.05 Å². The van der Waals surface area contributed by atoms with Gasteiger partial charge in [-0.25, -0.2) is 17.9 Å². The minimum Gasteiger partial charge on any atom is -0.308 e. The zero-order chi connectivity index (χ0) is 14.7. The lowest BCUT2D eigenvalue weighted by Gasteiger charge is -2.18. The van der Waals surface area contributed by atoms with Crippen molar-refractivity contribution in [3.05, 3.63) is 47.0 Å². The van der Waals surface area contributed by atoms with Gasteiger partial charge in [0.2, 0.25) is 0 Å². The van der Waals surface area contributed by atoms with E-state index in [1.807, 2.05) is 6.92 Å². The van der Waals surface area contributed by atoms with E-state index in [1.165, 1.54) is 12.3 Å². The average molecular weight is 284 g/mol. The van der Waals surface area contributed by atoms with Crippen molar-refractivity contribution < 1.29 is 13.2 Å². The second-order valence-corrected chi connectivity index (χ2v) is 4.37. The van der Waals surface area contributed by atoms with Crippen LogP contribution in [0.5, 0.6) is 0 Å². The monoisotopic (exact) mass is 284 g/mol. The molecule has 7 heteroatoms. The van der Waals surface area contributed by atoms with E-state index in [1.54, 1.807) is 11.7 Å². The maximum atomic E-state index is 13.9. The highest BCUT2D eigenvalue weighted by molar-refractivity contribution is 5.29. The Hall–Kier alpha value is -1.89. The fraction of sp³-hybridized carbons (Fsp3) is 0.385. The molecular weight excluding hydrogens is 269 g/mol. The molecule has 0 radical (unpaired) electrons. The third-order valence-electron chi connectivity index (χ3n) is 3.04. The molecule has 2 aromatic rings. The Kier molecular flexibility index (Phi) is 4.39. The zero-order valence-electron chi connectivity index (χ0n) is 11.2. The molecule has 1 N–H and O–H groups in total. The van der Waals surface area contributed by atoms with Gasteiger partial charge in [-0.2, -0.15) is 0 Å². The molecule has 1 atom stereocenters. The molecule has 4 nitrogen and oxygen atoms in total. The van der Waals surface area contributed by atoms with Crippen LogP contribution in [0.3, 0.4) is 0 Å². The Balaban J connectivity index is 2.47. The van der Waals surface area contributed by atoms with Crippen molar-refractivity contribution in [3.8, 4) is 0 Å². The van der Waals surface area contributed by atoms with E-state index in [4.69, 9.17) is 0 Å². The second kappa shape index (κ2) is 6.04. The molecule has 0 bridgehead atoms. The molecule has 0 fully saturated rings. The molecule has 2 rings (SSSR count). The maximum absolute atomic E-state index is 13.9. The van der Waals surface area contributed by atoms with E-state index in [0.29, 0.717) is 12.2 Å². The van der Waals surface area contributed by atoms with Gasteiger partial charge in [0.05, 0.1) is 17.9 Å². The van der Waals surface area contributed by atoms with Crippen LogP contribution in [-0.4, -0.2) is 22.0 Å². The fourth-order valence-corrected chi connectivity index (χ4v) is 2.10. The number of nitrogens with one attached hydrogen (secondary N) is 1. The number of nitrogens with zero attached hydrogens (tertiary/aromatic N) is 3. The molecular formula is C13H15F3N4. The van der Waals surface area contributed by atoms with Gasteiger partial charge in [-0.3, -0.25) is 0 Å². The molecule has 0 amide bonds. The first-order valence-electron chi connectivity index (χ1n) is 6.29. The smallest absolute Gasteiger partial charge is 0.194 e. The molecule has 0 aliphatic heterocycles. The number of benzene rings is 1. The van der Waals surface area contributed by atoms with E-state index in [9.17, 15) is 13.2 Å². The van der Waals surface area contributed by atoms with Crippen LogP contribution in [0.15, 0.2) is 18.3 Å². The Morgan fingerprint density at radius 2 is 2.00 bits per heavy atom. The van der Waals surface area contributed by atoms with Gasteiger partial charge in [-0.1, -0.05) is 18.2 Å². The first kappa shape index (κ1) is 14.5. The zero-order valence-corrected chi connectivity index (χ0v) is 11.2. The van der Waals surface area contributed by atoms with Gasteiger partial charge in [0.1, 0.15) is 0 Å². The minimum atomic E-state index is -1.47. The van der Waals surface area contributed by atoms with Gasteiger partial charge in [0.15, 0.2) is 17.5 Å². The Labute approximate surface area is 114 Å².